The largest absolute Gasteiger partial charge is 0.102 e. The number of rotatable bonds is 1. The molecular weight excluding hydrogens is 187 g/mol. The maximum atomic E-state index is 3.64. The van der Waals surface area contributed by atoms with Gasteiger partial charge in [0.15, 0.2) is 0 Å². The van der Waals surface area contributed by atoms with Gasteiger partial charge < -0.3 is 0 Å². The van der Waals surface area contributed by atoms with Crippen LogP contribution in [0.4, 0.5) is 0 Å². The summed E-state index contributed by atoms with van der Waals surface area (Å²) in [5.41, 5.74) is 0. The molecule has 0 saturated carbocycles. The van der Waals surface area contributed by atoms with Crippen molar-refractivity contribution in [2.24, 2.45) is 5.92 Å². The van der Waals surface area contributed by atoms with E-state index in [-0.39, 0.29) is 19.5 Å². The zero-order chi connectivity index (χ0) is 5.11. The van der Waals surface area contributed by atoms with Crippen LogP contribution in [0.2, 0.25) is 0 Å². The second kappa shape index (κ2) is 3.80. The van der Waals surface area contributed by atoms with E-state index in [1.807, 2.05) is 18.2 Å². The molecule has 1 rings (SSSR count). The SMILES string of the molecule is C=CC1C=CC=C1.[Rh]. The average Bonchev–Trinajstić information content (AvgIpc) is 2.14. The van der Waals surface area contributed by atoms with Crippen molar-refractivity contribution in [2.45, 2.75) is 0 Å². The van der Waals surface area contributed by atoms with E-state index in [4.69, 9.17) is 0 Å². The van der Waals surface area contributed by atoms with Crippen molar-refractivity contribution in [3.8, 4) is 0 Å². The molecule has 1 aliphatic rings. The van der Waals surface area contributed by atoms with E-state index in [1.54, 1.807) is 0 Å². The molecule has 0 aromatic heterocycles. The maximum Gasteiger partial charge on any atom is 0.0131 e. The second-order valence-corrected chi connectivity index (χ2v) is 1.58. The molecule has 0 unspecified atom stereocenters. The van der Waals surface area contributed by atoms with Gasteiger partial charge in [-0.1, -0.05) is 30.4 Å². The zero-order valence-electron chi connectivity index (χ0n) is 4.50. The third-order valence-corrected chi connectivity index (χ3v) is 1.05. The first-order valence-electron chi connectivity index (χ1n) is 2.41. The first-order valence-corrected chi connectivity index (χ1v) is 2.41. The van der Waals surface area contributed by atoms with E-state index in [0.717, 1.165) is 0 Å². The van der Waals surface area contributed by atoms with Crippen LogP contribution >= 0.6 is 0 Å². The van der Waals surface area contributed by atoms with E-state index in [1.165, 1.54) is 0 Å². The molecule has 0 nitrogen and oxygen atoms in total. The molecule has 0 fully saturated rings. The van der Waals surface area contributed by atoms with Gasteiger partial charge >= 0.3 is 0 Å². The fourth-order valence-corrected chi connectivity index (χ4v) is 0.606. The van der Waals surface area contributed by atoms with Gasteiger partial charge in [0.2, 0.25) is 0 Å². The first-order chi connectivity index (χ1) is 3.43. The van der Waals surface area contributed by atoms with Gasteiger partial charge in [0.1, 0.15) is 0 Å². The Hall–Kier alpha value is -0.157. The Bertz CT molecular complexity index is 110. The van der Waals surface area contributed by atoms with Gasteiger partial charge in [-0.3, -0.25) is 0 Å². The fraction of sp³-hybridized carbons (Fsp3) is 0.143. The summed E-state index contributed by atoms with van der Waals surface area (Å²) in [7, 11) is 0. The van der Waals surface area contributed by atoms with Crippen LogP contribution in [0.1, 0.15) is 0 Å². The molecule has 0 atom stereocenters. The summed E-state index contributed by atoms with van der Waals surface area (Å²) >= 11 is 0. The van der Waals surface area contributed by atoms with Crippen LogP contribution in [0.25, 0.3) is 0 Å². The molecule has 0 aliphatic heterocycles. The summed E-state index contributed by atoms with van der Waals surface area (Å²) < 4.78 is 0. The van der Waals surface area contributed by atoms with Crippen molar-refractivity contribution in [1.82, 2.24) is 0 Å². The Morgan fingerprint density at radius 2 is 1.75 bits per heavy atom. The van der Waals surface area contributed by atoms with Crippen LogP contribution in [0.5, 0.6) is 0 Å². The normalized spacial score (nSPS) is 16.0. The van der Waals surface area contributed by atoms with Crippen LogP contribution < -0.4 is 0 Å². The minimum atomic E-state index is 0. The Morgan fingerprint density at radius 3 is 2.00 bits per heavy atom. The molecule has 1 heteroatoms. The first kappa shape index (κ1) is 7.84. The topological polar surface area (TPSA) is 0 Å². The van der Waals surface area contributed by atoms with Gasteiger partial charge in [-0.2, -0.15) is 0 Å². The number of allylic oxidation sites excluding steroid dienone is 5. The van der Waals surface area contributed by atoms with E-state index in [0.29, 0.717) is 5.92 Å². The Labute approximate surface area is 62.7 Å². The minimum absolute atomic E-state index is 0. The standard InChI is InChI=1S/C7H8.Rh/c1-2-7-5-3-4-6-7;/h2-7H,1H2;. The van der Waals surface area contributed by atoms with Gasteiger partial charge in [-0.15, -0.1) is 6.58 Å². The monoisotopic (exact) mass is 195 g/mol. The molecular formula is C7H8Rh. The zero-order valence-corrected chi connectivity index (χ0v) is 6.14. The van der Waals surface area contributed by atoms with Crippen molar-refractivity contribution < 1.29 is 19.5 Å². The Morgan fingerprint density at radius 1 is 1.25 bits per heavy atom. The van der Waals surface area contributed by atoms with Crippen molar-refractivity contribution in [3.63, 3.8) is 0 Å². The third kappa shape index (κ3) is 1.75. The van der Waals surface area contributed by atoms with Gasteiger partial charge in [0, 0.05) is 25.4 Å². The van der Waals surface area contributed by atoms with Crippen LogP contribution in [0, 0.1) is 5.92 Å². The Balaban J connectivity index is 0.000000490. The van der Waals surface area contributed by atoms with Gasteiger partial charge in [-0.25, -0.2) is 0 Å². The smallest absolute Gasteiger partial charge is 0.0131 e. The summed E-state index contributed by atoms with van der Waals surface area (Å²) in [5.74, 6) is 0.500. The third-order valence-electron chi connectivity index (χ3n) is 1.05. The fourth-order valence-electron chi connectivity index (χ4n) is 0.606. The van der Waals surface area contributed by atoms with Gasteiger partial charge in [-0.05, 0) is 0 Å². The van der Waals surface area contributed by atoms with Crippen LogP contribution in [-0.2, 0) is 19.5 Å². The molecule has 0 amide bonds. The van der Waals surface area contributed by atoms with Crippen molar-refractivity contribution in [3.05, 3.63) is 37.0 Å². The van der Waals surface area contributed by atoms with E-state index < -0.39 is 0 Å². The summed E-state index contributed by atoms with van der Waals surface area (Å²) in [4.78, 5) is 0. The molecule has 0 aromatic carbocycles. The summed E-state index contributed by atoms with van der Waals surface area (Å²) in [6, 6.07) is 0. The molecule has 0 aromatic rings. The van der Waals surface area contributed by atoms with Gasteiger partial charge in [0.25, 0.3) is 0 Å². The molecule has 45 valence electrons. The maximum absolute atomic E-state index is 3.64. The van der Waals surface area contributed by atoms with Crippen molar-refractivity contribution in [1.29, 1.82) is 0 Å². The summed E-state index contributed by atoms with van der Waals surface area (Å²) in [5, 5.41) is 0. The predicted octanol–water partition coefficient (Wildman–Crippen LogP) is 1.91. The van der Waals surface area contributed by atoms with Gasteiger partial charge in [0.05, 0.1) is 0 Å². The summed E-state index contributed by atoms with van der Waals surface area (Å²) in [6.07, 6.45) is 10.2. The van der Waals surface area contributed by atoms with E-state index in [2.05, 4.69) is 18.7 Å². The number of hydrogen-bond donors (Lipinski definition) is 0. The predicted molar refractivity (Wildman–Crippen MR) is 32.0 cm³/mol. The minimum Gasteiger partial charge on any atom is -0.102 e. The van der Waals surface area contributed by atoms with Crippen LogP contribution in [-0.4, -0.2) is 0 Å². The van der Waals surface area contributed by atoms with Crippen LogP contribution in [0.3, 0.4) is 0 Å². The molecule has 8 heavy (non-hydrogen) atoms. The quantitative estimate of drug-likeness (QED) is 0.442. The molecule has 1 aliphatic carbocycles. The van der Waals surface area contributed by atoms with E-state index in [9.17, 15) is 0 Å². The second-order valence-electron chi connectivity index (χ2n) is 1.58. The summed E-state index contributed by atoms with van der Waals surface area (Å²) in [6.45, 7) is 3.64. The average molecular weight is 195 g/mol. The Kier molecular flexibility index (Phi) is 3.72. The van der Waals surface area contributed by atoms with Crippen molar-refractivity contribution in [2.75, 3.05) is 0 Å². The molecule has 0 heterocycles. The van der Waals surface area contributed by atoms with Crippen LogP contribution in [0.15, 0.2) is 37.0 Å². The molecule has 0 saturated heterocycles. The molecule has 1 radical (unpaired) electrons. The number of hydrogen-bond acceptors (Lipinski definition) is 0. The van der Waals surface area contributed by atoms with Crippen molar-refractivity contribution >= 4 is 0 Å². The molecule has 0 bridgehead atoms. The van der Waals surface area contributed by atoms with E-state index >= 15 is 0 Å². The molecule has 0 N–H and O–H groups in total. The molecule has 0 spiro atoms.